The lowest BCUT2D eigenvalue weighted by atomic mass is 10.1. The van der Waals surface area contributed by atoms with Crippen molar-refractivity contribution in [1.82, 2.24) is 15.5 Å². The molecule has 1 aromatic heterocycles. The van der Waals surface area contributed by atoms with E-state index in [0.717, 1.165) is 24.4 Å². The lowest BCUT2D eigenvalue weighted by molar-refractivity contribution is -0.121. The number of amides is 1. The molecule has 3 N–H and O–H groups in total. The molecule has 198 valence electrons. The fourth-order valence-electron chi connectivity index (χ4n) is 3.98. The molecule has 8 nitrogen and oxygen atoms in total. The van der Waals surface area contributed by atoms with Crippen molar-refractivity contribution >= 4 is 40.3 Å². The van der Waals surface area contributed by atoms with E-state index in [4.69, 9.17) is 26.4 Å². The largest absolute Gasteiger partial charge is 0.493 e. The van der Waals surface area contributed by atoms with Gasteiger partial charge in [0.1, 0.15) is 5.75 Å². The second-order valence-electron chi connectivity index (χ2n) is 8.69. The van der Waals surface area contributed by atoms with Gasteiger partial charge in [0.25, 0.3) is 0 Å². The summed E-state index contributed by atoms with van der Waals surface area (Å²) >= 11 is 7.09. The topological polar surface area (TPSA) is 84.1 Å². The van der Waals surface area contributed by atoms with Crippen molar-refractivity contribution in [1.29, 1.82) is 0 Å². The summed E-state index contributed by atoms with van der Waals surface area (Å²) in [6, 6.07) is 7.64. The summed E-state index contributed by atoms with van der Waals surface area (Å²) < 4.78 is 16.4. The maximum atomic E-state index is 12.1. The number of methoxy groups -OCH3 is 2. The minimum Gasteiger partial charge on any atom is -0.493 e. The molecule has 1 fully saturated rings. The Morgan fingerprint density at radius 3 is 2.58 bits per heavy atom. The molecule has 0 bridgehead atoms. The number of nitrogens with one attached hydrogen (secondary N) is 3. The van der Waals surface area contributed by atoms with E-state index in [1.165, 1.54) is 37.2 Å². The minimum absolute atomic E-state index is 0.0370. The number of piperidine rings is 1. The number of thiophene rings is 1. The molecule has 36 heavy (non-hydrogen) atoms. The number of nitrogens with zero attached hydrogens (tertiary/aromatic N) is 1. The van der Waals surface area contributed by atoms with Gasteiger partial charge in [-0.1, -0.05) is 6.42 Å². The number of anilines is 1. The molecule has 0 saturated carbocycles. The summed E-state index contributed by atoms with van der Waals surface area (Å²) in [6.07, 6.45) is 5.88. The molecular formula is C26H38N4O4S2. The maximum Gasteiger partial charge on any atom is 0.220 e. The highest BCUT2D eigenvalue weighted by Crippen LogP contribution is 2.29. The summed E-state index contributed by atoms with van der Waals surface area (Å²) in [5.41, 5.74) is 0.797. The molecular weight excluding hydrogens is 496 g/mol. The lowest BCUT2D eigenvalue weighted by Gasteiger charge is -2.25. The van der Waals surface area contributed by atoms with Gasteiger partial charge in [-0.2, -0.15) is 0 Å². The second kappa shape index (κ2) is 15.5. The van der Waals surface area contributed by atoms with Gasteiger partial charge in [-0.15, -0.1) is 11.3 Å². The molecule has 1 saturated heterocycles. The van der Waals surface area contributed by atoms with Gasteiger partial charge in [0.2, 0.25) is 5.91 Å². The van der Waals surface area contributed by atoms with E-state index in [2.05, 4.69) is 32.3 Å². The van der Waals surface area contributed by atoms with E-state index in [1.54, 1.807) is 25.6 Å². The standard InChI is InChI=1S/C26H38N4O4S2/c1-32-23-10-9-20(16-24(23)33-2)29-26(35)28-11-6-8-25(31)27-12-7-15-34-21-17-22(36-19-21)18-30-13-4-3-5-14-30/h9-10,16-17,19H,3-8,11-15,18H2,1-2H3,(H,27,31)(H2,28,29,35). The molecule has 10 heteroatoms. The quantitative estimate of drug-likeness (QED) is 0.243. The van der Waals surface area contributed by atoms with E-state index in [-0.39, 0.29) is 5.91 Å². The van der Waals surface area contributed by atoms with Crippen molar-refractivity contribution in [3.8, 4) is 17.2 Å². The van der Waals surface area contributed by atoms with E-state index in [1.807, 2.05) is 18.2 Å². The van der Waals surface area contributed by atoms with Gasteiger partial charge >= 0.3 is 0 Å². The van der Waals surface area contributed by atoms with Gasteiger partial charge < -0.3 is 30.2 Å². The first-order valence-electron chi connectivity index (χ1n) is 12.5. The molecule has 2 aromatic rings. The van der Waals surface area contributed by atoms with Crippen molar-refractivity contribution in [2.75, 3.05) is 52.3 Å². The second-order valence-corrected chi connectivity index (χ2v) is 10.1. The molecule has 1 amide bonds. The number of hydrogen-bond acceptors (Lipinski definition) is 7. The van der Waals surface area contributed by atoms with Crippen LogP contribution in [-0.2, 0) is 11.3 Å². The third-order valence-electron chi connectivity index (χ3n) is 5.88. The number of benzene rings is 1. The maximum absolute atomic E-state index is 12.1. The average Bonchev–Trinajstić information content (AvgIpc) is 3.34. The molecule has 2 heterocycles. The van der Waals surface area contributed by atoms with E-state index in [0.29, 0.717) is 49.1 Å². The predicted molar refractivity (Wildman–Crippen MR) is 150 cm³/mol. The SMILES string of the molecule is COc1ccc(NC(=S)NCCCC(=O)NCCCOc2csc(CN3CCCCC3)c2)cc1OC. The zero-order valence-electron chi connectivity index (χ0n) is 21.3. The van der Waals surface area contributed by atoms with Crippen LogP contribution in [0.5, 0.6) is 17.2 Å². The molecule has 1 aliphatic heterocycles. The number of carbonyl (C=O) groups is 1. The fourth-order valence-corrected chi connectivity index (χ4v) is 5.04. The van der Waals surface area contributed by atoms with Crippen LogP contribution in [0.2, 0.25) is 0 Å². The van der Waals surface area contributed by atoms with Crippen molar-refractivity contribution in [3.63, 3.8) is 0 Å². The molecule has 1 aliphatic rings. The first-order valence-corrected chi connectivity index (χ1v) is 13.8. The van der Waals surface area contributed by atoms with Crippen molar-refractivity contribution in [2.24, 2.45) is 0 Å². The Balaban J connectivity index is 1.20. The molecule has 0 atom stereocenters. The van der Waals surface area contributed by atoms with Crippen molar-refractivity contribution in [2.45, 2.75) is 45.1 Å². The van der Waals surface area contributed by atoms with Gasteiger partial charge in [-0.25, -0.2) is 0 Å². The summed E-state index contributed by atoms with van der Waals surface area (Å²) in [4.78, 5) is 16.0. The highest BCUT2D eigenvalue weighted by Gasteiger charge is 2.12. The van der Waals surface area contributed by atoms with Crippen LogP contribution in [-0.4, -0.2) is 62.9 Å². The molecule has 1 aromatic carbocycles. The number of hydrogen-bond donors (Lipinski definition) is 3. The Labute approximate surface area is 223 Å². The summed E-state index contributed by atoms with van der Waals surface area (Å²) in [6.45, 7) is 5.23. The van der Waals surface area contributed by atoms with E-state index >= 15 is 0 Å². The average molecular weight is 535 g/mol. The number of rotatable bonds is 14. The summed E-state index contributed by atoms with van der Waals surface area (Å²) in [5.74, 6) is 2.25. The minimum atomic E-state index is 0.0370. The van der Waals surface area contributed by atoms with Gasteiger partial charge in [-0.05, 0) is 69.2 Å². The van der Waals surface area contributed by atoms with Crippen LogP contribution in [0.3, 0.4) is 0 Å². The Kier molecular flexibility index (Phi) is 12.1. The zero-order chi connectivity index (χ0) is 25.6. The van der Waals surface area contributed by atoms with E-state index < -0.39 is 0 Å². The lowest BCUT2D eigenvalue weighted by Crippen LogP contribution is -2.31. The highest BCUT2D eigenvalue weighted by atomic mass is 32.1. The first kappa shape index (κ1) is 28.0. The van der Waals surface area contributed by atoms with Crippen LogP contribution < -0.4 is 30.2 Å². The van der Waals surface area contributed by atoms with Crippen LogP contribution in [0.1, 0.15) is 43.4 Å². The number of likely N-dealkylation sites (tertiary alicyclic amines) is 1. The number of ether oxygens (including phenoxy) is 3. The van der Waals surface area contributed by atoms with Crippen LogP contribution in [0.15, 0.2) is 29.6 Å². The monoisotopic (exact) mass is 534 g/mol. The molecule has 0 radical (unpaired) electrons. The smallest absolute Gasteiger partial charge is 0.220 e. The molecule has 3 rings (SSSR count). The zero-order valence-corrected chi connectivity index (χ0v) is 22.9. The predicted octanol–water partition coefficient (Wildman–Crippen LogP) is 4.40. The van der Waals surface area contributed by atoms with Gasteiger partial charge in [0.05, 0.1) is 20.8 Å². The van der Waals surface area contributed by atoms with Crippen LogP contribution in [0, 0.1) is 0 Å². The number of carbonyl (C=O) groups excluding carboxylic acids is 1. The van der Waals surface area contributed by atoms with E-state index in [9.17, 15) is 4.79 Å². The fraction of sp³-hybridized carbons (Fsp3) is 0.538. The summed E-state index contributed by atoms with van der Waals surface area (Å²) in [7, 11) is 3.19. The van der Waals surface area contributed by atoms with Crippen LogP contribution >= 0.6 is 23.6 Å². The van der Waals surface area contributed by atoms with Crippen molar-refractivity contribution in [3.05, 3.63) is 34.5 Å². The first-order chi connectivity index (χ1) is 17.6. The third kappa shape index (κ3) is 9.83. The highest BCUT2D eigenvalue weighted by molar-refractivity contribution is 7.80. The van der Waals surface area contributed by atoms with Gasteiger partial charge in [-0.3, -0.25) is 9.69 Å². The van der Waals surface area contributed by atoms with Crippen LogP contribution in [0.4, 0.5) is 5.69 Å². The van der Waals surface area contributed by atoms with Crippen LogP contribution in [0.25, 0.3) is 0 Å². The summed E-state index contributed by atoms with van der Waals surface area (Å²) in [5, 5.41) is 11.8. The molecule has 0 unspecified atom stereocenters. The van der Waals surface area contributed by atoms with Gasteiger partial charge in [0, 0.05) is 48.1 Å². The molecule has 0 spiro atoms. The number of thiocarbonyl (C=S) groups is 1. The Bertz CT molecular complexity index is 963. The van der Waals surface area contributed by atoms with Crippen molar-refractivity contribution < 1.29 is 19.0 Å². The Hall–Kier alpha value is -2.56. The normalized spacial score (nSPS) is 13.6. The van der Waals surface area contributed by atoms with Gasteiger partial charge in [0.15, 0.2) is 16.6 Å². The molecule has 0 aliphatic carbocycles. The Morgan fingerprint density at radius 1 is 1.03 bits per heavy atom. The Morgan fingerprint density at radius 2 is 1.81 bits per heavy atom. The third-order valence-corrected chi connectivity index (χ3v) is 7.02.